The molecule has 2 N–H and O–H groups in total. The molecular weight excluding hydrogens is 318 g/mol. The number of ether oxygens (including phenoxy) is 2. The maximum atomic E-state index is 12.8. The summed E-state index contributed by atoms with van der Waals surface area (Å²) in [5.41, 5.74) is 2.94. The van der Waals surface area contributed by atoms with Crippen molar-refractivity contribution in [1.82, 2.24) is 15.5 Å². The van der Waals surface area contributed by atoms with Crippen LogP contribution in [0.1, 0.15) is 40.9 Å². The van der Waals surface area contributed by atoms with Gasteiger partial charge in [-0.15, -0.1) is 0 Å². The summed E-state index contributed by atoms with van der Waals surface area (Å²) in [6, 6.07) is 5.50. The second-order valence-corrected chi connectivity index (χ2v) is 6.90. The van der Waals surface area contributed by atoms with Gasteiger partial charge in [-0.2, -0.15) is 5.10 Å². The Labute approximate surface area is 146 Å². The van der Waals surface area contributed by atoms with Crippen LogP contribution in [0, 0.1) is 5.92 Å². The molecule has 1 atom stereocenters. The van der Waals surface area contributed by atoms with Crippen LogP contribution in [0.3, 0.4) is 0 Å². The van der Waals surface area contributed by atoms with Crippen LogP contribution in [0.5, 0.6) is 11.5 Å². The van der Waals surface area contributed by atoms with E-state index in [2.05, 4.69) is 15.5 Å². The smallest absolute Gasteiger partial charge is 0.255 e. The molecule has 0 saturated heterocycles. The molecule has 4 rings (SSSR count). The number of methoxy groups -OCH3 is 1. The van der Waals surface area contributed by atoms with Crippen molar-refractivity contribution in [3.63, 3.8) is 0 Å². The average Bonchev–Trinajstić information content (AvgIpc) is 3.35. The minimum Gasteiger partial charge on any atom is -0.497 e. The van der Waals surface area contributed by atoms with E-state index in [9.17, 15) is 4.79 Å². The van der Waals surface area contributed by atoms with Gasteiger partial charge in [0.2, 0.25) is 0 Å². The Bertz CT molecular complexity index is 767. The van der Waals surface area contributed by atoms with E-state index in [4.69, 9.17) is 9.47 Å². The summed E-state index contributed by atoms with van der Waals surface area (Å²) in [5.74, 6) is 1.83. The fourth-order valence-corrected chi connectivity index (χ4v) is 3.23. The van der Waals surface area contributed by atoms with Gasteiger partial charge in [0.1, 0.15) is 11.5 Å². The summed E-state index contributed by atoms with van der Waals surface area (Å²) in [4.78, 5) is 12.8. The van der Waals surface area contributed by atoms with Crippen molar-refractivity contribution in [3.05, 3.63) is 41.2 Å². The molecule has 6 nitrogen and oxygen atoms in total. The molecule has 0 unspecified atom stereocenters. The summed E-state index contributed by atoms with van der Waals surface area (Å²) < 4.78 is 11.2. The van der Waals surface area contributed by atoms with Crippen molar-refractivity contribution >= 4 is 5.91 Å². The molecule has 132 valence electrons. The predicted molar refractivity (Wildman–Crippen MR) is 93.1 cm³/mol. The van der Waals surface area contributed by atoms with Crippen LogP contribution in [0.15, 0.2) is 24.4 Å². The van der Waals surface area contributed by atoms with Gasteiger partial charge in [-0.05, 0) is 55.7 Å². The number of amides is 1. The van der Waals surface area contributed by atoms with Crippen LogP contribution < -0.4 is 14.8 Å². The Balaban J connectivity index is 1.47. The Kier molecular flexibility index (Phi) is 4.34. The Morgan fingerprint density at radius 1 is 1.36 bits per heavy atom. The van der Waals surface area contributed by atoms with E-state index in [0.29, 0.717) is 29.6 Å². The maximum absolute atomic E-state index is 12.8. The van der Waals surface area contributed by atoms with Crippen LogP contribution in [-0.4, -0.2) is 35.9 Å². The number of benzene rings is 1. The van der Waals surface area contributed by atoms with E-state index >= 15 is 0 Å². The third-order valence-electron chi connectivity index (χ3n) is 4.96. The molecule has 0 radical (unpaired) electrons. The quantitative estimate of drug-likeness (QED) is 0.846. The molecule has 6 heteroatoms. The van der Waals surface area contributed by atoms with E-state index in [1.165, 1.54) is 24.1 Å². The number of aromatic nitrogens is 2. The number of fused-ring (bicyclic) bond motifs is 1. The first-order chi connectivity index (χ1) is 12.2. The zero-order chi connectivity index (χ0) is 17.2. The molecule has 2 aromatic rings. The molecular formula is C19H23N3O3. The second-order valence-electron chi connectivity index (χ2n) is 6.90. The van der Waals surface area contributed by atoms with Crippen LogP contribution >= 0.6 is 0 Å². The highest BCUT2D eigenvalue weighted by Crippen LogP contribution is 2.32. The highest BCUT2D eigenvalue weighted by atomic mass is 16.5. The normalized spacial score (nSPS) is 19.2. The monoisotopic (exact) mass is 341 g/mol. The molecule has 0 bridgehead atoms. The second kappa shape index (κ2) is 6.78. The number of hydrogen-bond donors (Lipinski definition) is 2. The topological polar surface area (TPSA) is 76.2 Å². The number of H-pyrrole nitrogens is 1. The van der Waals surface area contributed by atoms with Crippen molar-refractivity contribution in [1.29, 1.82) is 0 Å². The van der Waals surface area contributed by atoms with Crippen molar-refractivity contribution in [2.24, 2.45) is 5.92 Å². The van der Waals surface area contributed by atoms with Crippen LogP contribution in [0.4, 0.5) is 0 Å². The summed E-state index contributed by atoms with van der Waals surface area (Å²) in [6.07, 6.45) is 6.90. The number of nitrogens with one attached hydrogen (secondary N) is 2. The number of carbonyl (C=O) groups is 1. The highest BCUT2D eigenvalue weighted by Gasteiger charge is 2.25. The summed E-state index contributed by atoms with van der Waals surface area (Å²) in [7, 11) is 1.62. The van der Waals surface area contributed by atoms with E-state index in [-0.39, 0.29) is 11.9 Å². The lowest BCUT2D eigenvalue weighted by Gasteiger charge is -2.23. The van der Waals surface area contributed by atoms with Gasteiger partial charge in [-0.3, -0.25) is 9.89 Å². The largest absolute Gasteiger partial charge is 0.497 e. The molecule has 2 aliphatic carbocycles. The number of aryl methyl sites for hydroxylation is 1. The lowest BCUT2D eigenvalue weighted by Crippen LogP contribution is -2.38. The fourth-order valence-electron chi connectivity index (χ4n) is 3.23. The van der Waals surface area contributed by atoms with Crippen LogP contribution in [-0.2, 0) is 12.8 Å². The molecule has 1 amide bonds. The highest BCUT2D eigenvalue weighted by molar-refractivity contribution is 5.97. The maximum Gasteiger partial charge on any atom is 0.255 e. The van der Waals surface area contributed by atoms with Crippen molar-refractivity contribution < 1.29 is 14.3 Å². The summed E-state index contributed by atoms with van der Waals surface area (Å²) >= 11 is 0. The molecule has 1 aromatic heterocycles. The molecule has 2 aliphatic rings. The van der Waals surface area contributed by atoms with Gasteiger partial charge in [0, 0.05) is 17.8 Å². The lowest BCUT2D eigenvalue weighted by molar-refractivity contribution is 0.0929. The number of rotatable bonds is 6. The summed E-state index contributed by atoms with van der Waals surface area (Å²) in [6.45, 7) is 0.662. The van der Waals surface area contributed by atoms with E-state index in [1.807, 2.05) is 6.20 Å². The van der Waals surface area contributed by atoms with E-state index in [0.717, 1.165) is 19.3 Å². The van der Waals surface area contributed by atoms with Crippen LogP contribution in [0.25, 0.3) is 0 Å². The van der Waals surface area contributed by atoms with Gasteiger partial charge in [-0.25, -0.2) is 0 Å². The molecule has 1 aromatic carbocycles. The predicted octanol–water partition coefficient (Wildman–Crippen LogP) is 2.49. The Morgan fingerprint density at radius 3 is 3.04 bits per heavy atom. The first-order valence-corrected chi connectivity index (χ1v) is 8.85. The van der Waals surface area contributed by atoms with E-state index in [1.54, 1.807) is 25.3 Å². The minimum absolute atomic E-state index is 0.0922. The Hall–Kier alpha value is -2.50. The number of carbonyl (C=O) groups excluding carboxylic acids is 1. The Morgan fingerprint density at radius 2 is 2.24 bits per heavy atom. The lowest BCUT2D eigenvalue weighted by atomic mass is 9.93. The van der Waals surface area contributed by atoms with Gasteiger partial charge in [0.15, 0.2) is 0 Å². The van der Waals surface area contributed by atoms with Gasteiger partial charge in [0.05, 0.1) is 25.5 Å². The average molecular weight is 341 g/mol. The molecule has 1 fully saturated rings. The SMILES string of the molecule is COc1ccc(C(=O)N[C@@H]2CCc3[nH]ncc3C2)c(OCC2CC2)c1. The molecule has 0 spiro atoms. The number of hydrogen-bond acceptors (Lipinski definition) is 4. The number of nitrogens with zero attached hydrogens (tertiary/aromatic N) is 1. The molecule has 0 aliphatic heterocycles. The molecule has 1 saturated carbocycles. The minimum atomic E-state index is -0.0922. The fraction of sp³-hybridized carbons (Fsp3) is 0.474. The standard InChI is InChI=1S/C19H23N3O3/c1-24-15-5-6-16(18(9-15)25-11-12-2-3-12)19(23)21-14-4-7-17-13(8-14)10-20-22-17/h5-6,9-10,12,14H,2-4,7-8,11H2,1H3,(H,20,22)(H,21,23)/t14-/m1/s1. The van der Waals surface area contributed by atoms with Gasteiger partial charge >= 0.3 is 0 Å². The first kappa shape index (κ1) is 16.0. The van der Waals surface area contributed by atoms with Gasteiger partial charge < -0.3 is 14.8 Å². The summed E-state index contributed by atoms with van der Waals surface area (Å²) in [5, 5.41) is 10.3. The third kappa shape index (κ3) is 3.62. The van der Waals surface area contributed by atoms with Gasteiger partial charge in [-0.1, -0.05) is 0 Å². The van der Waals surface area contributed by atoms with E-state index < -0.39 is 0 Å². The number of aromatic amines is 1. The van der Waals surface area contributed by atoms with Crippen molar-refractivity contribution in [3.8, 4) is 11.5 Å². The first-order valence-electron chi connectivity index (χ1n) is 8.85. The van der Waals surface area contributed by atoms with Crippen LogP contribution in [0.2, 0.25) is 0 Å². The third-order valence-corrected chi connectivity index (χ3v) is 4.96. The van der Waals surface area contributed by atoms with Gasteiger partial charge in [0.25, 0.3) is 5.91 Å². The zero-order valence-corrected chi connectivity index (χ0v) is 14.4. The molecule has 1 heterocycles. The molecule has 25 heavy (non-hydrogen) atoms. The zero-order valence-electron chi connectivity index (χ0n) is 14.4. The van der Waals surface area contributed by atoms with Crippen molar-refractivity contribution in [2.45, 2.75) is 38.1 Å². The van der Waals surface area contributed by atoms with Crippen molar-refractivity contribution in [2.75, 3.05) is 13.7 Å².